The molecule has 0 aromatic heterocycles. The Morgan fingerprint density at radius 2 is 1.91 bits per heavy atom. The van der Waals surface area contributed by atoms with E-state index in [1.807, 2.05) is 13.1 Å². The van der Waals surface area contributed by atoms with E-state index in [0.717, 1.165) is 39.0 Å². The normalized spacial score (nSPS) is 14.7. The van der Waals surface area contributed by atoms with Gasteiger partial charge in [0.2, 0.25) is 0 Å². The Labute approximate surface area is 201 Å². The standard InChI is InChI=1S/C29H42N4/c1-4-5-18-33(19-9-17-30-3)29-13-12-27(23-25(29)2)24-31-28-15-21-32(22-16-28)20-14-26-10-7-6-8-11-26/h5-8,10-13,23,28,30-31H,1,9,14-22,24H2,2-3H3. The number of nitrogens with zero attached hydrogens (tertiary/aromatic N) is 2. The molecule has 2 aromatic carbocycles. The molecule has 3 rings (SSSR count). The Kier molecular flexibility index (Phi) is 10.7. The lowest BCUT2D eigenvalue weighted by Crippen LogP contribution is -2.42. The molecule has 0 atom stereocenters. The summed E-state index contributed by atoms with van der Waals surface area (Å²) in [5, 5.41) is 7.05. The summed E-state index contributed by atoms with van der Waals surface area (Å²) in [5.41, 5.74) is 8.39. The molecule has 33 heavy (non-hydrogen) atoms. The van der Waals surface area contributed by atoms with E-state index in [2.05, 4.69) is 88.2 Å². The van der Waals surface area contributed by atoms with Gasteiger partial charge in [0.05, 0.1) is 0 Å². The largest absolute Gasteiger partial charge is 0.367 e. The van der Waals surface area contributed by atoms with Crippen LogP contribution in [-0.4, -0.2) is 57.3 Å². The summed E-state index contributed by atoms with van der Waals surface area (Å²) >= 11 is 0. The fourth-order valence-corrected chi connectivity index (χ4v) is 4.67. The summed E-state index contributed by atoms with van der Waals surface area (Å²) in [5.74, 6) is 0. The fraction of sp³-hybridized carbons (Fsp3) is 0.483. The van der Waals surface area contributed by atoms with E-state index >= 15 is 0 Å². The number of nitrogens with one attached hydrogen (secondary N) is 2. The molecule has 0 unspecified atom stereocenters. The zero-order valence-corrected chi connectivity index (χ0v) is 20.7. The van der Waals surface area contributed by atoms with Crippen LogP contribution in [-0.2, 0) is 13.0 Å². The Morgan fingerprint density at radius 1 is 1.12 bits per heavy atom. The van der Waals surface area contributed by atoms with Crippen molar-refractivity contribution in [3.8, 4) is 0 Å². The van der Waals surface area contributed by atoms with Gasteiger partial charge in [0.15, 0.2) is 0 Å². The van der Waals surface area contributed by atoms with Crippen LogP contribution in [0.3, 0.4) is 0 Å². The van der Waals surface area contributed by atoms with E-state index in [9.17, 15) is 0 Å². The molecule has 0 bridgehead atoms. The Hall–Kier alpha value is -2.36. The number of hydrogen-bond acceptors (Lipinski definition) is 4. The smallest absolute Gasteiger partial charge is 0.0433 e. The highest BCUT2D eigenvalue weighted by Crippen LogP contribution is 2.22. The molecule has 1 aliphatic rings. The second-order valence-corrected chi connectivity index (χ2v) is 9.16. The average Bonchev–Trinajstić information content (AvgIpc) is 2.85. The van der Waals surface area contributed by atoms with Crippen molar-refractivity contribution in [1.82, 2.24) is 15.5 Å². The SMILES string of the molecule is C=C=CCN(CCCNC)c1ccc(CNC2CCN(CCc3ccccc3)CC2)cc1C. The number of rotatable bonds is 13. The molecule has 1 fully saturated rings. The maximum absolute atomic E-state index is 3.81. The lowest BCUT2D eigenvalue weighted by molar-refractivity contribution is 0.199. The molecule has 178 valence electrons. The van der Waals surface area contributed by atoms with Crippen molar-refractivity contribution < 1.29 is 0 Å². The minimum atomic E-state index is 0.619. The maximum Gasteiger partial charge on any atom is 0.0433 e. The van der Waals surface area contributed by atoms with Crippen molar-refractivity contribution >= 4 is 5.69 Å². The Balaban J connectivity index is 1.44. The molecule has 1 saturated heterocycles. The number of benzene rings is 2. The minimum absolute atomic E-state index is 0.619. The van der Waals surface area contributed by atoms with E-state index in [1.165, 1.54) is 54.9 Å². The predicted octanol–water partition coefficient (Wildman–Crippen LogP) is 4.55. The van der Waals surface area contributed by atoms with E-state index < -0.39 is 0 Å². The molecule has 4 heteroatoms. The summed E-state index contributed by atoms with van der Waals surface area (Å²) in [6, 6.07) is 18.4. The van der Waals surface area contributed by atoms with Gasteiger partial charge in [-0.05, 0) is 88.1 Å². The first-order valence-corrected chi connectivity index (χ1v) is 12.5. The van der Waals surface area contributed by atoms with E-state index in [1.54, 1.807) is 0 Å². The molecule has 0 aliphatic carbocycles. The number of aryl methyl sites for hydroxylation is 1. The van der Waals surface area contributed by atoms with Gasteiger partial charge >= 0.3 is 0 Å². The van der Waals surface area contributed by atoms with Crippen LogP contribution in [0.15, 0.2) is 66.9 Å². The van der Waals surface area contributed by atoms with Gasteiger partial charge in [-0.15, -0.1) is 5.73 Å². The van der Waals surface area contributed by atoms with Crippen molar-refractivity contribution in [2.75, 3.05) is 51.2 Å². The van der Waals surface area contributed by atoms with E-state index in [-0.39, 0.29) is 0 Å². The molecular weight excluding hydrogens is 404 g/mol. The molecule has 2 N–H and O–H groups in total. The zero-order chi connectivity index (χ0) is 23.3. The Morgan fingerprint density at radius 3 is 2.61 bits per heavy atom. The van der Waals surface area contributed by atoms with Gasteiger partial charge in [-0.25, -0.2) is 0 Å². The van der Waals surface area contributed by atoms with Crippen LogP contribution >= 0.6 is 0 Å². The number of piperidine rings is 1. The highest BCUT2D eigenvalue weighted by atomic mass is 15.1. The monoisotopic (exact) mass is 446 g/mol. The molecule has 0 saturated carbocycles. The number of anilines is 1. The molecular formula is C29H42N4. The third-order valence-corrected chi connectivity index (χ3v) is 6.65. The summed E-state index contributed by atoms with van der Waals surface area (Å²) in [4.78, 5) is 5.04. The minimum Gasteiger partial charge on any atom is -0.367 e. The van der Waals surface area contributed by atoms with Crippen molar-refractivity contribution in [1.29, 1.82) is 0 Å². The van der Waals surface area contributed by atoms with E-state index in [0.29, 0.717) is 6.04 Å². The topological polar surface area (TPSA) is 30.5 Å². The fourth-order valence-electron chi connectivity index (χ4n) is 4.67. The van der Waals surface area contributed by atoms with Crippen molar-refractivity contribution in [3.63, 3.8) is 0 Å². The van der Waals surface area contributed by atoms with Crippen molar-refractivity contribution in [3.05, 3.63) is 83.6 Å². The van der Waals surface area contributed by atoms with Crippen LogP contribution in [0, 0.1) is 6.92 Å². The van der Waals surface area contributed by atoms with Crippen LogP contribution in [0.5, 0.6) is 0 Å². The van der Waals surface area contributed by atoms with Gasteiger partial charge < -0.3 is 20.4 Å². The number of likely N-dealkylation sites (tertiary alicyclic amines) is 1. The molecule has 0 spiro atoms. The van der Waals surface area contributed by atoms with Gasteiger partial charge in [-0.3, -0.25) is 0 Å². The zero-order valence-electron chi connectivity index (χ0n) is 20.7. The van der Waals surface area contributed by atoms with Crippen molar-refractivity contribution in [2.24, 2.45) is 0 Å². The third kappa shape index (κ3) is 8.49. The van der Waals surface area contributed by atoms with Gasteiger partial charge in [0, 0.05) is 37.9 Å². The van der Waals surface area contributed by atoms with Gasteiger partial charge in [0.1, 0.15) is 0 Å². The lowest BCUT2D eigenvalue weighted by Gasteiger charge is -2.32. The first-order chi connectivity index (χ1) is 16.2. The summed E-state index contributed by atoms with van der Waals surface area (Å²) in [6.45, 7) is 13.4. The highest BCUT2D eigenvalue weighted by Gasteiger charge is 2.18. The first-order valence-electron chi connectivity index (χ1n) is 12.5. The van der Waals surface area contributed by atoms with Gasteiger partial charge in [-0.2, -0.15) is 0 Å². The second-order valence-electron chi connectivity index (χ2n) is 9.16. The summed E-state index contributed by atoms with van der Waals surface area (Å²) in [6.07, 6.45) is 6.76. The van der Waals surface area contributed by atoms with Gasteiger partial charge in [0.25, 0.3) is 0 Å². The lowest BCUT2D eigenvalue weighted by atomic mass is 10.0. The molecule has 0 amide bonds. The van der Waals surface area contributed by atoms with Gasteiger partial charge in [-0.1, -0.05) is 49.0 Å². The van der Waals surface area contributed by atoms with Crippen LogP contribution in [0.25, 0.3) is 0 Å². The quantitative estimate of drug-likeness (QED) is 0.349. The third-order valence-electron chi connectivity index (χ3n) is 6.65. The second kappa shape index (κ2) is 14.0. The van der Waals surface area contributed by atoms with E-state index in [4.69, 9.17) is 0 Å². The van der Waals surface area contributed by atoms with Crippen LogP contribution in [0.4, 0.5) is 5.69 Å². The van der Waals surface area contributed by atoms with Crippen LogP contribution in [0.1, 0.15) is 36.0 Å². The molecule has 0 radical (unpaired) electrons. The highest BCUT2D eigenvalue weighted by molar-refractivity contribution is 5.55. The van der Waals surface area contributed by atoms with Crippen LogP contribution < -0.4 is 15.5 Å². The maximum atomic E-state index is 3.81. The van der Waals surface area contributed by atoms with Crippen molar-refractivity contribution in [2.45, 2.75) is 45.2 Å². The molecule has 2 aromatic rings. The summed E-state index contributed by atoms with van der Waals surface area (Å²) < 4.78 is 0. The summed E-state index contributed by atoms with van der Waals surface area (Å²) in [7, 11) is 2.01. The predicted molar refractivity (Wildman–Crippen MR) is 142 cm³/mol. The molecule has 4 nitrogen and oxygen atoms in total. The number of hydrogen-bond donors (Lipinski definition) is 2. The molecule has 1 aliphatic heterocycles. The average molecular weight is 447 g/mol. The van der Waals surface area contributed by atoms with Crippen LogP contribution in [0.2, 0.25) is 0 Å². The first kappa shape index (κ1) is 25.3. The Bertz CT molecular complexity index is 864. The molecule has 1 heterocycles.